The number of carbonyl (C=O) groups excluding carboxylic acids is 1. The number of aliphatic carboxylic acids is 1. The van der Waals surface area contributed by atoms with Crippen LogP contribution in [0.15, 0.2) is 23.1 Å². The Bertz CT molecular complexity index is 732. The summed E-state index contributed by atoms with van der Waals surface area (Å²) < 4.78 is 5.29. The highest BCUT2D eigenvalue weighted by atomic mass is 32.2. The van der Waals surface area contributed by atoms with Gasteiger partial charge in [0.2, 0.25) is 0 Å². The van der Waals surface area contributed by atoms with Crippen LogP contribution in [0.1, 0.15) is 31.7 Å². The zero-order valence-corrected chi connectivity index (χ0v) is 15.5. The van der Waals surface area contributed by atoms with E-state index in [1.54, 1.807) is 18.2 Å². The second-order valence-electron chi connectivity index (χ2n) is 5.48. The van der Waals surface area contributed by atoms with Crippen molar-refractivity contribution in [2.24, 2.45) is 0 Å². The highest BCUT2D eigenvalue weighted by Gasteiger charge is 2.40. The maximum Gasteiger partial charge on any atom is 0.326 e. The Balaban J connectivity index is 2.29. The van der Waals surface area contributed by atoms with Gasteiger partial charge in [0.1, 0.15) is 10.4 Å². The normalized spacial score (nSPS) is 17.2. The molecule has 6 nitrogen and oxygen atoms in total. The molecule has 1 amide bonds. The van der Waals surface area contributed by atoms with Crippen LogP contribution < -0.4 is 4.74 Å². The second-order valence-corrected chi connectivity index (χ2v) is 7.16. The third kappa shape index (κ3) is 4.32. The van der Waals surface area contributed by atoms with E-state index in [1.807, 2.05) is 6.92 Å². The van der Waals surface area contributed by atoms with Crippen LogP contribution >= 0.6 is 24.0 Å². The molecule has 2 rings (SSSR count). The fourth-order valence-corrected chi connectivity index (χ4v) is 3.80. The number of carbonyl (C=O) groups is 2. The van der Waals surface area contributed by atoms with Crippen LogP contribution in [0.5, 0.6) is 11.5 Å². The van der Waals surface area contributed by atoms with Gasteiger partial charge < -0.3 is 14.9 Å². The second kappa shape index (κ2) is 8.35. The summed E-state index contributed by atoms with van der Waals surface area (Å²) in [5.41, 5.74) is 0.649. The lowest BCUT2D eigenvalue weighted by Gasteiger charge is -2.22. The molecule has 8 heteroatoms. The molecule has 1 fully saturated rings. The summed E-state index contributed by atoms with van der Waals surface area (Å²) in [4.78, 5) is 25.7. The smallest absolute Gasteiger partial charge is 0.326 e. The van der Waals surface area contributed by atoms with Crippen LogP contribution in [0.3, 0.4) is 0 Å². The van der Waals surface area contributed by atoms with Crippen molar-refractivity contribution < 1.29 is 24.5 Å². The molecule has 0 unspecified atom stereocenters. The first-order chi connectivity index (χ1) is 11.9. The van der Waals surface area contributed by atoms with E-state index in [1.165, 1.54) is 18.1 Å². The summed E-state index contributed by atoms with van der Waals surface area (Å²) in [6, 6.07) is 3.74. The molecule has 134 valence electrons. The summed E-state index contributed by atoms with van der Waals surface area (Å²) in [5, 5.41) is 19.1. The Morgan fingerprint density at radius 1 is 1.48 bits per heavy atom. The van der Waals surface area contributed by atoms with Gasteiger partial charge >= 0.3 is 5.97 Å². The first-order valence-corrected chi connectivity index (χ1v) is 8.98. The third-order valence-corrected chi connectivity index (χ3v) is 5.08. The van der Waals surface area contributed by atoms with E-state index in [2.05, 4.69) is 0 Å². The minimum absolute atomic E-state index is 0.00212. The highest BCUT2D eigenvalue weighted by Crippen LogP contribution is 2.36. The predicted molar refractivity (Wildman–Crippen MR) is 101 cm³/mol. The molecule has 1 saturated heterocycles. The molecule has 0 bridgehead atoms. The molecule has 0 radical (unpaired) electrons. The number of carboxylic acid groups (broad SMARTS) is 1. The summed E-state index contributed by atoms with van der Waals surface area (Å²) in [6.45, 7) is 1.96. The standard InChI is InChI=1S/C17H19NO5S2/c1-3-4-5-11(16(21)22)18-15(20)14(25-17(18)24)9-10-6-7-12(19)13(8-10)23-2/h6-9,11,19H,3-5H2,1-2H3,(H,21,22)/b14-9-/t11-/m1/s1. The number of nitrogens with zero attached hydrogens (tertiary/aromatic N) is 1. The van der Waals surface area contributed by atoms with Crippen LogP contribution in [0, 0.1) is 0 Å². The predicted octanol–water partition coefficient (Wildman–Crippen LogP) is 3.25. The van der Waals surface area contributed by atoms with E-state index in [4.69, 9.17) is 17.0 Å². The van der Waals surface area contributed by atoms with Crippen LogP contribution in [-0.2, 0) is 9.59 Å². The lowest BCUT2D eigenvalue weighted by atomic mass is 10.1. The Morgan fingerprint density at radius 2 is 2.20 bits per heavy atom. The van der Waals surface area contributed by atoms with Gasteiger partial charge in [-0.05, 0) is 30.2 Å². The van der Waals surface area contributed by atoms with Crippen molar-refractivity contribution in [2.75, 3.05) is 7.11 Å². The maximum absolute atomic E-state index is 12.7. The van der Waals surface area contributed by atoms with E-state index in [9.17, 15) is 19.8 Å². The molecule has 2 N–H and O–H groups in total. The molecule has 1 aromatic carbocycles. The molecular formula is C17H19NO5S2. The van der Waals surface area contributed by atoms with Crippen LogP contribution in [0.4, 0.5) is 0 Å². The number of carboxylic acids is 1. The molecule has 1 atom stereocenters. The number of ether oxygens (including phenoxy) is 1. The average Bonchev–Trinajstić information content (AvgIpc) is 2.84. The van der Waals surface area contributed by atoms with Gasteiger partial charge in [-0.1, -0.05) is 49.8 Å². The van der Waals surface area contributed by atoms with E-state index in [-0.39, 0.29) is 15.8 Å². The van der Waals surface area contributed by atoms with Gasteiger partial charge in [0, 0.05) is 0 Å². The van der Waals surface area contributed by atoms with Gasteiger partial charge in [-0.2, -0.15) is 0 Å². The number of thioether (sulfide) groups is 1. The van der Waals surface area contributed by atoms with Gasteiger partial charge in [-0.3, -0.25) is 9.69 Å². The van der Waals surface area contributed by atoms with Crippen molar-refractivity contribution in [3.63, 3.8) is 0 Å². The molecule has 1 aliphatic rings. The number of phenols is 1. The summed E-state index contributed by atoms with van der Waals surface area (Å²) in [5.74, 6) is -1.18. The first-order valence-electron chi connectivity index (χ1n) is 7.76. The minimum atomic E-state index is -1.06. The number of aromatic hydroxyl groups is 1. The van der Waals surface area contributed by atoms with Gasteiger partial charge in [0.05, 0.1) is 12.0 Å². The number of hydrogen-bond donors (Lipinski definition) is 2. The van der Waals surface area contributed by atoms with Crippen LogP contribution in [0.25, 0.3) is 6.08 Å². The Morgan fingerprint density at radius 3 is 2.80 bits per heavy atom. The van der Waals surface area contributed by atoms with Crippen molar-refractivity contribution in [3.05, 3.63) is 28.7 Å². The summed E-state index contributed by atoms with van der Waals surface area (Å²) in [6.07, 6.45) is 3.50. The molecule has 0 saturated carbocycles. The fourth-order valence-electron chi connectivity index (χ4n) is 2.44. The fraction of sp³-hybridized carbons (Fsp3) is 0.353. The molecule has 0 aliphatic carbocycles. The van der Waals surface area contributed by atoms with Gasteiger partial charge in [0.15, 0.2) is 11.5 Å². The Labute approximate surface area is 155 Å². The molecule has 0 aromatic heterocycles. The number of hydrogen-bond acceptors (Lipinski definition) is 6. The summed E-state index contributed by atoms with van der Waals surface area (Å²) >= 11 is 6.30. The largest absolute Gasteiger partial charge is 0.504 e. The Kier molecular flexibility index (Phi) is 6.44. The minimum Gasteiger partial charge on any atom is -0.504 e. The number of unbranched alkanes of at least 4 members (excludes halogenated alkanes) is 1. The summed E-state index contributed by atoms with van der Waals surface area (Å²) in [7, 11) is 1.43. The van der Waals surface area contributed by atoms with Gasteiger partial charge in [0.25, 0.3) is 5.91 Å². The van der Waals surface area contributed by atoms with Crippen LogP contribution in [0.2, 0.25) is 0 Å². The van der Waals surface area contributed by atoms with E-state index >= 15 is 0 Å². The zero-order valence-electron chi connectivity index (χ0n) is 13.9. The highest BCUT2D eigenvalue weighted by molar-refractivity contribution is 8.26. The van der Waals surface area contributed by atoms with Crippen LogP contribution in [-0.4, -0.2) is 44.5 Å². The SMILES string of the molecule is CCCC[C@H](C(=O)O)N1C(=O)/C(=C/c2ccc(O)c(OC)c2)SC1=S. The number of thiocarbonyl (C=S) groups is 1. The number of amides is 1. The number of benzene rings is 1. The van der Waals surface area contributed by atoms with E-state index < -0.39 is 17.9 Å². The van der Waals surface area contributed by atoms with Gasteiger partial charge in [-0.25, -0.2) is 4.79 Å². The van der Waals surface area contributed by atoms with E-state index in [0.29, 0.717) is 23.3 Å². The van der Waals surface area contributed by atoms with E-state index in [0.717, 1.165) is 18.2 Å². The zero-order chi connectivity index (χ0) is 18.6. The average molecular weight is 381 g/mol. The number of methoxy groups -OCH3 is 1. The monoisotopic (exact) mass is 381 g/mol. The maximum atomic E-state index is 12.7. The van der Waals surface area contributed by atoms with Crippen molar-refractivity contribution in [1.82, 2.24) is 4.90 Å². The first kappa shape index (κ1) is 19.3. The molecule has 1 aliphatic heterocycles. The molecule has 0 spiro atoms. The van der Waals surface area contributed by atoms with Crippen molar-refractivity contribution in [2.45, 2.75) is 32.2 Å². The number of phenolic OH excluding ortho intramolecular Hbond substituents is 1. The van der Waals surface area contributed by atoms with Gasteiger partial charge in [-0.15, -0.1) is 0 Å². The molecule has 25 heavy (non-hydrogen) atoms. The quantitative estimate of drug-likeness (QED) is 0.554. The lowest BCUT2D eigenvalue weighted by molar-refractivity contribution is -0.145. The van der Waals surface area contributed by atoms with Crippen molar-refractivity contribution >= 4 is 46.3 Å². The topological polar surface area (TPSA) is 87.1 Å². The molecular weight excluding hydrogens is 362 g/mol. The lowest BCUT2D eigenvalue weighted by Crippen LogP contribution is -2.43. The van der Waals surface area contributed by atoms with Crippen molar-refractivity contribution in [3.8, 4) is 11.5 Å². The Hall–Kier alpha value is -2.06. The number of rotatable bonds is 7. The third-order valence-electron chi connectivity index (χ3n) is 3.75. The molecule has 1 aromatic rings. The molecule has 1 heterocycles. The van der Waals surface area contributed by atoms with Crippen molar-refractivity contribution in [1.29, 1.82) is 0 Å².